The maximum absolute atomic E-state index is 6.04. The minimum Gasteiger partial charge on any atom is -0.244 e. The van der Waals surface area contributed by atoms with Gasteiger partial charge in [0.2, 0.25) is 0 Å². The SMILES string of the molecule is C/C=C(/c1ccc2ncncc2c1)c1nc(Cl)ccc1C. The standard InChI is InChI=1S/C17H14ClN3/c1-3-14(17-11(2)4-7-16(18)21-17)12-5-6-15-13(8-12)9-19-10-20-15/h3-10H,1-2H3/b14-3-. The molecule has 0 aliphatic rings. The van der Waals surface area contributed by atoms with Crippen molar-refractivity contribution in [2.75, 3.05) is 0 Å². The minimum absolute atomic E-state index is 0.499. The van der Waals surface area contributed by atoms with Crippen LogP contribution in [0.5, 0.6) is 0 Å². The zero-order valence-corrected chi connectivity index (χ0v) is 12.6. The van der Waals surface area contributed by atoms with Gasteiger partial charge in [-0.05, 0) is 43.2 Å². The number of nitrogens with zero attached hydrogens (tertiary/aromatic N) is 3. The lowest BCUT2D eigenvalue weighted by Gasteiger charge is -2.11. The Morgan fingerprint density at radius 1 is 1.19 bits per heavy atom. The summed E-state index contributed by atoms with van der Waals surface area (Å²) in [6, 6.07) is 9.91. The lowest BCUT2D eigenvalue weighted by atomic mass is 9.98. The van der Waals surface area contributed by atoms with Gasteiger partial charge in [-0.25, -0.2) is 15.0 Å². The molecule has 1 aromatic carbocycles. The van der Waals surface area contributed by atoms with Gasteiger partial charge in [-0.15, -0.1) is 0 Å². The number of allylic oxidation sites excluding steroid dienone is 1. The first-order chi connectivity index (χ1) is 10.2. The van der Waals surface area contributed by atoms with Crippen LogP contribution in [0.4, 0.5) is 0 Å². The van der Waals surface area contributed by atoms with Crippen LogP contribution in [0.25, 0.3) is 16.5 Å². The Kier molecular flexibility index (Phi) is 3.67. The summed E-state index contributed by atoms with van der Waals surface area (Å²) in [5.74, 6) is 0. The Morgan fingerprint density at radius 2 is 2.05 bits per heavy atom. The third kappa shape index (κ3) is 2.65. The van der Waals surface area contributed by atoms with Gasteiger partial charge in [0.15, 0.2) is 0 Å². The number of hydrogen-bond acceptors (Lipinski definition) is 3. The highest BCUT2D eigenvalue weighted by Gasteiger charge is 2.10. The quantitative estimate of drug-likeness (QED) is 0.656. The molecule has 0 spiro atoms. The van der Waals surface area contributed by atoms with Crippen LogP contribution in [0.3, 0.4) is 0 Å². The number of fused-ring (bicyclic) bond motifs is 1. The number of benzene rings is 1. The normalized spacial score (nSPS) is 11.9. The Balaban J connectivity index is 2.16. The van der Waals surface area contributed by atoms with E-state index in [0.717, 1.165) is 33.3 Å². The molecule has 0 saturated carbocycles. The van der Waals surface area contributed by atoms with E-state index in [4.69, 9.17) is 11.6 Å². The Labute approximate surface area is 128 Å². The van der Waals surface area contributed by atoms with Gasteiger partial charge in [0.1, 0.15) is 11.5 Å². The Bertz CT molecular complexity index is 840. The van der Waals surface area contributed by atoms with E-state index in [-0.39, 0.29) is 0 Å². The second-order valence-electron chi connectivity index (χ2n) is 4.80. The van der Waals surface area contributed by atoms with Crippen molar-refractivity contribution < 1.29 is 0 Å². The van der Waals surface area contributed by atoms with Crippen LogP contribution in [-0.4, -0.2) is 15.0 Å². The first-order valence-electron chi connectivity index (χ1n) is 6.69. The fourth-order valence-electron chi connectivity index (χ4n) is 2.37. The summed E-state index contributed by atoms with van der Waals surface area (Å²) in [6.07, 6.45) is 5.43. The van der Waals surface area contributed by atoms with Crippen molar-refractivity contribution in [3.8, 4) is 0 Å². The topological polar surface area (TPSA) is 38.7 Å². The number of hydrogen-bond donors (Lipinski definition) is 0. The molecule has 4 heteroatoms. The van der Waals surface area contributed by atoms with Gasteiger partial charge in [-0.3, -0.25) is 0 Å². The van der Waals surface area contributed by atoms with E-state index in [1.165, 1.54) is 0 Å². The van der Waals surface area contributed by atoms with Crippen LogP contribution in [-0.2, 0) is 0 Å². The minimum atomic E-state index is 0.499. The summed E-state index contributed by atoms with van der Waals surface area (Å²) in [7, 11) is 0. The van der Waals surface area contributed by atoms with Crippen LogP contribution in [0.15, 0.2) is 48.9 Å². The Morgan fingerprint density at radius 3 is 2.86 bits per heavy atom. The van der Waals surface area contributed by atoms with Gasteiger partial charge < -0.3 is 0 Å². The molecule has 2 heterocycles. The van der Waals surface area contributed by atoms with E-state index in [2.05, 4.69) is 27.1 Å². The molecule has 3 nitrogen and oxygen atoms in total. The maximum atomic E-state index is 6.04. The van der Waals surface area contributed by atoms with Crippen molar-refractivity contribution in [2.45, 2.75) is 13.8 Å². The van der Waals surface area contributed by atoms with Crippen molar-refractivity contribution in [1.29, 1.82) is 0 Å². The third-order valence-corrected chi connectivity index (χ3v) is 3.63. The lowest BCUT2D eigenvalue weighted by molar-refractivity contribution is 1.21. The van der Waals surface area contributed by atoms with E-state index in [0.29, 0.717) is 5.15 Å². The fourth-order valence-corrected chi connectivity index (χ4v) is 2.52. The fraction of sp³-hybridized carbons (Fsp3) is 0.118. The summed E-state index contributed by atoms with van der Waals surface area (Å²) in [4.78, 5) is 12.8. The molecule has 3 aromatic rings. The van der Waals surface area contributed by atoms with Gasteiger partial charge in [0, 0.05) is 17.2 Å². The van der Waals surface area contributed by atoms with Crippen molar-refractivity contribution in [3.63, 3.8) is 0 Å². The van der Waals surface area contributed by atoms with Crippen molar-refractivity contribution in [2.24, 2.45) is 0 Å². The predicted octanol–water partition coefficient (Wildman–Crippen LogP) is 4.44. The van der Waals surface area contributed by atoms with E-state index in [1.54, 1.807) is 6.33 Å². The molecule has 21 heavy (non-hydrogen) atoms. The number of rotatable bonds is 2. The molecule has 0 amide bonds. The predicted molar refractivity (Wildman–Crippen MR) is 86.3 cm³/mol. The number of aromatic nitrogens is 3. The zero-order valence-electron chi connectivity index (χ0n) is 11.8. The molecule has 0 bridgehead atoms. The molecule has 0 atom stereocenters. The molecular weight excluding hydrogens is 282 g/mol. The van der Waals surface area contributed by atoms with Gasteiger partial charge in [-0.2, -0.15) is 0 Å². The largest absolute Gasteiger partial charge is 0.244 e. The number of aryl methyl sites for hydroxylation is 1. The number of halogens is 1. The lowest BCUT2D eigenvalue weighted by Crippen LogP contribution is -1.96. The van der Waals surface area contributed by atoms with Crippen molar-refractivity contribution >= 4 is 28.1 Å². The van der Waals surface area contributed by atoms with E-state index in [9.17, 15) is 0 Å². The van der Waals surface area contributed by atoms with E-state index >= 15 is 0 Å². The van der Waals surface area contributed by atoms with Crippen molar-refractivity contribution in [1.82, 2.24) is 15.0 Å². The van der Waals surface area contributed by atoms with Crippen LogP contribution in [0.2, 0.25) is 5.15 Å². The molecular formula is C17H14ClN3. The van der Waals surface area contributed by atoms with Crippen LogP contribution in [0, 0.1) is 6.92 Å². The molecule has 3 rings (SSSR count). The molecule has 0 aliphatic heterocycles. The molecule has 2 aromatic heterocycles. The smallest absolute Gasteiger partial charge is 0.129 e. The second kappa shape index (κ2) is 5.62. The van der Waals surface area contributed by atoms with E-state index < -0.39 is 0 Å². The monoisotopic (exact) mass is 295 g/mol. The van der Waals surface area contributed by atoms with Crippen LogP contribution < -0.4 is 0 Å². The zero-order chi connectivity index (χ0) is 14.8. The summed E-state index contributed by atoms with van der Waals surface area (Å²) in [6.45, 7) is 4.04. The average Bonchev–Trinajstić information content (AvgIpc) is 2.51. The third-order valence-electron chi connectivity index (χ3n) is 3.42. The van der Waals surface area contributed by atoms with Gasteiger partial charge in [0.05, 0.1) is 11.2 Å². The van der Waals surface area contributed by atoms with E-state index in [1.807, 2.05) is 44.3 Å². The van der Waals surface area contributed by atoms with Gasteiger partial charge >= 0.3 is 0 Å². The van der Waals surface area contributed by atoms with Gasteiger partial charge in [-0.1, -0.05) is 29.8 Å². The molecule has 104 valence electrons. The van der Waals surface area contributed by atoms with Gasteiger partial charge in [0.25, 0.3) is 0 Å². The first-order valence-corrected chi connectivity index (χ1v) is 7.07. The molecule has 0 saturated heterocycles. The highest BCUT2D eigenvalue weighted by Crippen LogP contribution is 2.27. The summed E-state index contributed by atoms with van der Waals surface area (Å²) in [5, 5.41) is 1.51. The maximum Gasteiger partial charge on any atom is 0.129 e. The Hall–Kier alpha value is -2.26. The number of pyridine rings is 1. The van der Waals surface area contributed by atoms with Crippen LogP contribution in [0.1, 0.15) is 23.7 Å². The molecule has 0 N–H and O–H groups in total. The van der Waals surface area contributed by atoms with Crippen molar-refractivity contribution in [3.05, 3.63) is 70.9 Å². The molecule has 0 aliphatic carbocycles. The summed E-state index contributed by atoms with van der Waals surface area (Å²) >= 11 is 6.04. The highest BCUT2D eigenvalue weighted by atomic mass is 35.5. The summed E-state index contributed by atoms with van der Waals surface area (Å²) in [5.41, 5.74) is 5.07. The highest BCUT2D eigenvalue weighted by molar-refractivity contribution is 6.29. The average molecular weight is 296 g/mol. The molecule has 0 radical (unpaired) electrons. The summed E-state index contributed by atoms with van der Waals surface area (Å²) < 4.78 is 0. The second-order valence-corrected chi connectivity index (χ2v) is 5.19. The molecule has 0 unspecified atom stereocenters. The first kappa shape index (κ1) is 13.7. The molecule has 0 fully saturated rings. The van der Waals surface area contributed by atoms with Crippen LogP contribution >= 0.6 is 11.6 Å².